The fourth-order valence-corrected chi connectivity index (χ4v) is 4.18. The topological polar surface area (TPSA) is 62.9 Å². The summed E-state index contributed by atoms with van der Waals surface area (Å²) in [7, 11) is -0.386. The van der Waals surface area contributed by atoms with E-state index < -0.39 is 0 Å². The predicted molar refractivity (Wildman–Crippen MR) is 88.6 cm³/mol. The van der Waals surface area contributed by atoms with Crippen LogP contribution >= 0.6 is 0 Å². The zero-order chi connectivity index (χ0) is 16.0. The second kappa shape index (κ2) is 5.69. The van der Waals surface area contributed by atoms with E-state index >= 15 is 0 Å². The van der Waals surface area contributed by atoms with E-state index in [1.165, 1.54) is 6.07 Å². The summed E-state index contributed by atoms with van der Waals surface area (Å²) in [5, 5.41) is 10.8. The number of rotatable bonds is 3. The molecule has 1 aromatic heterocycles. The first kappa shape index (κ1) is 14.8. The van der Waals surface area contributed by atoms with Crippen molar-refractivity contribution in [3.8, 4) is 5.75 Å². The van der Waals surface area contributed by atoms with E-state index in [2.05, 4.69) is 4.81 Å². The molecule has 6 heteroatoms. The third-order valence-electron chi connectivity index (χ3n) is 5.08. The molecule has 2 saturated heterocycles. The van der Waals surface area contributed by atoms with Gasteiger partial charge in [-0.15, -0.1) is 0 Å². The Bertz CT molecular complexity index is 761. The van der Waals surface area contributed by atoms with Crippen LogP contribution < -0.4 is 10.4 Å². The van der Waals surface area contributed by atoms with Crippen molar-refractivity contribution in [1.82, 2.24) is 4.81 Å². The molecule has 3 heterocycles. The van der Waals surface area contributed by atoms with Crippen molar-refractivity contribution in [2.75, 3.05) is 0 Å². The van der Waals surface area contributed by atoms with Gasteiger partial charge in [0.15, 0.2) is 0 Å². The highest BCUT2D eigenvalue weighted by molar-refractivity contribution is 6.45. The SMILES string of the molecule is CB(O)N1C2CC[C@H]1CC(Oc1ccc3ccc(=O)oc3c1)C2. The maximum Gasteiger partial charge on any atom is 0.376 e. The van der Waals surface area contributed by atoms with Crippen LogP contribution in [0.3, 0.4) is 0 Å². The molecule has 0 saturated carbocycles. The Balaban J connectivity index is 1.52. The summed E-state index contributed by atoms with van der Waals surface area (Å²) < 4.78 is 11.4. The molecule has 5 nitrogen and oxygen atoms in total. The molecule has 1 aromatic carbocycles. The van der Waals surface area contributed by atoms with Crippen LogP contribution in [-0.2, 0) is 0 Å². The fraction of sp³-hybridized carbons (Fsp3) is 0.471. The van der Waals surface area contributed by atoms with Crippen molar-refractivity contribution in [3.05, 3.63) is 40.8 Å². The van der Waals surface area contributed by atoms with Crippen molar-refractivity contribution in [2.45, 2.75) is 50.7 Å². The quantitative estimate of drug-likeness (QED) is 0.696. The molecule has 4 rings (SSSR count). The summed E-state index contributed by atoms with van der Waals surface area (Å²) in [6, 6.07) is 9.60. The Kier molecular flexibility index (Phi) is 3.66. The Morgan fingerprint density at radius 1 is 1.22 bits per heavy atom. The summed E-state index contributed by atoms with van der Waals surface area (Å²) >= 11 is 0. The van der Waals surface area contributed by atoms with Crippen molar-refractivity contribution in [1.29, 1.82) is 0 Å². The van der Waals surface area contributed by atoms with Gasteiger partial charge in [0, 0.05) is 29.6 Å². The highest BCUT2D eigenvalue weighted by Crippen LogP contribution is 2.37. The van der Waals surface area contributed by atoms with E-state index in [4.69, 9.17) is 9.15 Å². The molecule has 2 aliphatic heterocycles. The minimum atomic E-state index is -0.386. The third-order valence-corrected chi connectivity index (χ3v) is 5.08. The van der Waals surface area contributed by atoms with Gasteiger partial charge in [-0.25, -0.2) is 4.79 Å². The van der Waals surface area contributed by atoms with Gasteiger partial charge in [0.25, 0.3) is 0 Å². The summed E-state index contributed by atoms with van der Waals surface area (Å²) in [6.45, 7) is 1.85. The Labute approximate surface area is 135 Å². The zero-order valence-corrected chi connectivity index (χ0v) is 13.1. The van der Waals surface area contributed by atoms with Gasteiger partial charge in [-0.3, -0.25) is 0 Å². The molecule has 120 valence electrons. The zero-order valence-electron chi connectivity index (χ0n) is 13.1. The molecule has 1 N–H and O–H groups in total. The molecule has 2 fully saturated rings. The minimum Gasteiger partial charge on any atom is -0.490 e. The molecule has 0 amide bonds. The summed E-state index contributed by atoms with van der Waals surface area (Å²) in [4.78, 5) is 13.6. The van der Waals surface area contributed by atoms with E-state index in [1.807, 2.05) is 19.0 Å². The van der Waals surface area contributed by atoms with Crippen molar-refractivity contribution < 1.29 is 14.2 Å². The first-order valence-corrected chi connectivity index (χ1v) is 8.26. The molecule has 0 spiro atoms. The van der Waals surface area contributed by atoms with Crippen LogP contribution in [0.2, 0.25) is 6.82 Å². The van der Waals surface area contributed by atoms with Crippen LogP contribution in [-0.4, -0.2) is 35.1 Å². The molecule has 0 radical (unpaired) electrons. The van der Waals surface area contributed by atoms with Crippen LogP contribution in [0.5, 0.6) is 5.75 Å². The van der Waals surface area contributed by atoms with Crippen molar-refractivity contribution >= 4 is 18.0 Å². The van der Waals surface area contributed by atoms with Gasteiger partial charge in [-0.05, 0) is 50.7 Å². The maximum atomic E-state index is 11.3. The summed E-state index contributed by atoms with van der Waals surface area (Å²) in [5.74, 6) is 0.738. The molecular weight excluding hydrogens is 293 g/mol. The largest absolute Gasteiger partial charge is 0.490 e. The third kappa shape index (κ3) is 2.77. The Hall–Kier alpha value is -1.79. The highest BCUT2D eigenvalue weighted by atomic mass is 16.5. The molecule has 2 unspecified atom stereocenters. The Morgan fingerprint density at radius 3 is 2.61 bits per heavy atom. The van der Waals surface area contributed by atoms with E-state index in [1.54, 1.807) is 12.1 Å². The standard InChI is InChI=1S/C17H20BNO4/c1-18(21)19-12-4-5-13(19)9-15(8-12)22-14-6-2-11-3-7-17(20)23-16(11)10-14/h2-3,6-7,10,12-13,15,21H,4-5,8-9H2,1H3/t12-,13?,15?/m0/s1. The molecular formula is C17H20BNO4. The van der Waals surface area contributed by atoms with E-state index in [-0.39, 0.29) is 18.8 Å². The molecule has 3 atom stereocenters. The normalized spacial score (nSPS) is 27.3. The minimum absolute atomic E-state index is 0.149. The van der Waals surface area contributed by atoms with Crippen LogP contribution in [0.1, 0.15) is 25.7 Å². The van der Waals surface area contributed by atoms with E-state index in [0.717, 1.165) is 36.8 Å². The second-order valence-corrected chi connectivity index (χ2v) is 6.63. The molecule has 23 heavy (non-hydrogen) atoms. The van der Waals surface area contributed by atoms with Crippen molar-refractivity contribution in [3.63, 3.8) is 0 Å². The lowest BCUT2D eigenvalue weighted by Crippen LogP contribution is -2.52. The first-order valence-electron chi connectivity index (χ1n) is 8.26. The smallest absolute Gasteiger partial charge is 0.376 e. The van der Waals surface area contributed by atoms with Crippen LogP contribution in [0, 0.1) is 0 Å². The average Bonchev–Trinajstić information content (AvgIpc) is 2.79. The van der Waals surface area contributed by atoms with Gasteiger partial charge in [0.2, 0.25) is 0 Å². The Morgan fingerprint density at radius 2 is 1.91 bits per heavy atom. The van der Waals surface area contributed by atoms with Gasteiger partial charge in [0.05, 0.1) is 0 Å². The molecule has 0 aliphatic carbocycles. The van der Waals surface area contributed by atoms with Crippen LogP contribution in [0.25, 0.3) is 11.0 Å². The molecule has 2 aliphatic rings. The summed E-state index contributed by atoms with van der Waals surface area (Å²) in [5.41, 5.74) is 0.206. The maximum absolute atomic E-state index is 11.3. The van der Waals surface area contributed by atoms with Gasteiger partial charge < -0.3 is 19.0 Å². The monoisotopic (exact) mass is 313 g/mol. The number of ether oxygens (including phenoxy) is 1. The lowest BCUT2D eigenvalue weighted by Gasteiger charge is -2.39. The van der Waals surface area contributed by atoms with E-state index in [9.17, 15) is 9.82 Å². The fourth-order valence-electron chi connectivity index (χ4n) is 4.18. The van der Waals surface area contributed by atoms with Crippen LogP contribution in [0.4, 0.5) is 0 Å². The highest BCUT2D eigenvalue weighted by Gasteiger charge is 2.44. The van der Waals surface area contributed by atoms with E-state index in [0.29, 0.717) is 17.7 Å². The number of piperidine rings is 1. The number of benzene rings is 1. The molecule has 2 aromatic rings. The molecule has 2 bridgehead atoms. The average molecular weight is 313 g/mol. The number of nitrogens with zero attached hydrogens (tertiary/aromatic N) is 1. The summed E-state index contributed by atoms with van der Waals surface area (Å²) in [6.07, 6.45) is 4.26. The number of fused-ring (bicyclic) bond motifs is 3. The first-order chi connectivity index (χ1) is 11.1. The van der Waals surface area contributed by atoms with Crippen molar-refractivity contribution in [2.24, 2.45) is 0 Å². The van der Waals surface area contributed by atoms with Gasteiger partial charge >= 0.3 is 12.7 Å². The van der Waals surface area contributed by atoms with Gasteiger partial charge in [0.1, 0.15) is 17.4 Å². The predicted octanol–water partition coefficient (Wildman–Crippen LogP) is 2.28. The number of hydrogen-bond donors (Lipinski definition) is 1. The van der Waals surface area contributed by atoms with Gasteiger partial charge in [-0.2, -0.15) is 0 Å². The lowest BCUT2D eigenvalue weighted by molar-refractivity contribution is 0.0864. The lowest BCUT2D eigenvalue weighted by atomic mass is 9.79. The second-order valence-electron chi connectivity index (χ2n) is 6.63. The number of hydrogen-bond acceptors (Lipinski definition) is 5. The van der Waals surface area contributed by atoms with Crippen LogP contribution in [0.15, 0.2) is 39.5 Å². The van der Waals surface area contributed by atoms with Gasteiger partial charge in [-0.1, -0.05) is 0 Å².